The third kappa shape index (κ3) is 1.93. The summed E-state index contributed by atoms with van der Waals surface area (Å²) in [6.07, 6.45) is 6.53. The van der Waals surface area contributed by atoms with Crippen molar-refractivity contribution < 1.29 is 9.59 Å². The molecule has 3 aliphatic rings. The Morgan fingerprint density at radius 1 is 1.19 bits per heavy atom. The van der Waals surface area contributed by atoms with Crippen LogP contribution in [0.5, 0.6) is 0 Å². The van der Waals surface area contributed by atoms with Crippen LogP contribution in [0.1, 0.15) is 41.7 Å². The van der Waals surface area contributed by atoms with Crippen LogP contribution in [0.4, 0.5) is 0 Å². The lowest BCUT2D eigenvalue weighted by molar-refractivity contribution is -0.111. The number of carbonyl (C=O) groups excluding carboxylic acids is 2. The molecule has 108 valence electrons. The molecule has 1 aromatic rings. The first-order chi connectivity index (χ1) is 10.1. The summed E-state index contributed by atoms with van der Waals surface area (Å²) in [4.78, 5) is 28.3. The summed E-state index contributed by atoms with van der Waals surface area (Å²) in [5.41, 5.74) is 1.39. The molecule has 21 heavy (non-hydrogen) atoms. The molecular weight excluding hydrogens is 288 g/mol. The Kier molecular flexibility index (Phi) is 2.89. The van der Waals surface area contributed by atoms with Gasteiger partial charge in [0.2, 0.25) is 11.6 Å². The van der Waals surface area contributed by atoms with Gasteiger partial charge in [0, 0.05) is 12.2 Å². The van der Waals surface area contributed by atoms with E-state index in [1.165, 1.54) is 19.3 Å². The number of hydrogen-bond donors (Lipinski definition) is 1. The van der Waals surface area contributed by atoms with Crippen molar-refractivity contribution in [3.8, 4) is 0 Å². The summed E-state index contributed by atoms with van der Waals surface area (Å²) in [5, 5.41) is 3.40. The molecule has 3 atom stereocenters. The van der Waals surface area contributed by atoms with Crippen molar-refractivity contribution in [2.75, 3.05) is 0 Å². The monoisotopic (exact) mass is 302 g/mol. The largest absolute Gasteiger partial charge is 0.379 e. The van der Waals surface area contributed by atoms with Crippen LogP contribution in [0.2, 0.25) is 0 Å². The number of hydrogen-bond acceptors (Lipinski definition) is 4. The minimum Gasteiger partial charge on any atom is -0.379 e. The molecule has 0 amide bonds. The molecular formula is C16H15ClN2O2. The van der Waals surface area contributed by atoms with Gasteiger partial charge < -0.3 is 5.32 Å². The van der Waals surface area contributed by atoms with Gasteiger partial charge in [-0.1, -0.05) is 18.0 Å². The van der Waals surface area contributed by atoms with E-state index in [-0.39, 0.29) is 5.03 Å². The Hall–Kier alpha value is -1.68. The minimum absolute atomic E-state index is 0.0195. The van der Waals surface area contributed by atoms with Crippen molar-refractivity contribution in [3.63, 3.8) is 0 Å². The SMILES string of the molecule is O=C1C(=O)c2cccnc2C(NC2CC3CCC2C3)=C1Cl. The molecule has 0 saturated heterocycles. The summed E-state index contributed by atoms with van der Waals surface area (Å²) >= 11 is 6.14. The maximum atomic E-state index is 12.0. The second kappa shape index (κ2) is 4.67. The van der Waals surface area contributed by atoms with E-state index in [9.17, 15) is 9.59 Å². The lowest BCUT2D eigenvalue weighted by atomic mass is 9.92. The maximum absolute atomic E-state index is 12.0. The highest BCUT2D eigenvalue weighted by atomic mass is 35.5. The Morgan fingerprint density at radius 2 is 2.05 bits per heavy atom. The number of nitrogens with one attached hydrogen (secondary N) is 1. The van der Waals surface area contributed by atoms with Gasteiger partial charge in [-0.05, 0) is 43.2 Å². The molecule has 0 radical (unpaired) electrons. The Labute approximate surface area is 127 Å². The predicted octanol–water partition coefficient (Wildman–Crippen LogP) is 2.53. The van der Waals surface area contributed by atoms with E-state index < -0.39 is 11.6 Å². The van der Waals surface area contributed by atoms with E-state index >= 15 is 0 Å². The van der Waals surface area contributed by atoms with Crippen LogP contribution in [0.3, 0.4) is 0 Å². The number of rotatable bonds is 2. The first-order valence-corrected chi connectivity index (χ1v) is 7.73. The highest BCUT2D eigenvalue weighted by Gasteiger charge is 2.41. The van der Waals surface area contributed by atoms with Crippen LogP contribution in [-0.4, -0.2) is 22.6 Å². The minimum atomic E-state index is -0.636. The number of ketones is 2. The fraction of sp³-hybridized carbons (Fsp3) is 0.438. The second-order valence-electron chi connectivity index (χ2n) is 6.17. The second-order valence-corrected chi connectivity index (χ2v) is 6.55. The topological polar surface area (TPSA) is 59.1 Å². The van der Waals surface area contributed by atoms with E-state index in [1.54, 1.807) is 18.3 Å². The lowest BCUT2D eigenvalue weighted by Crippen LogP contribution is -2.36. The van der Waals surface area contributed by atoms with Gasteiger partial charge in [-0.2, -0.15) is 0 Å². The van der Waals surface area contributed by atoms with Crippen molar-refractivity contribution in [2.45, 2.75) is 31.7 Å². The molecule has 0 aromatic carbocycles. The van der Waals surface area contributed by atoms with E-state index in [1.807, 2.05) is 0 Å². The average molecular weight is 303 g/mol. The summed E-state index contributed by atoms with van der Waals surface area (Å²) in [6.45, 7) is 0. The zero-order valence-corrected chi connectivity index (χ0v) is 12.2. The zero-order valence-electron chi connectivity index (χ0n) is 11.4. The standard InChI is InChI=1S/C16H15ClN2O2/c17-12-14(19-11-7-8-3-4-9(11)6-8)13-10(2-1-5-18-13)15(20)16(12)21/h1-2,5,8-9,11,19H,3-4,6-7H2. The quantitative estimate of drug-likeness (QED) is 0.853. The molecule has 2 fully saturated rings. The average Bonchev–Trinajstić information content (AvgIpc) is 3.12. The van der Waals surface area contributed by atoms with Gasteiger partial charge in [0.1, 0.15) is 5.03 Å². The normalized spacial score (nSPS) is 30.8. The number of aromatic nitrogens is 1. The van der Waals surface area contributed by atoms with Gasteiger partial charge in [0.15, 0.2) is 0 Å². The van der Waals surface area contributed by atoms with Crippen LogP contribution in [-0.2, 0) is 4.79 Å². The van der Waals surface area contributed by atoms with Crippen molar-refractivity contribution in [2.24, 2.45) is 11.8 Å². The summed E-state index contributed by atoms with van der Waals surface area (Å²) in [6, 6.07) is 3.63. The van der Waals surface area contributed by atoms with E-state index in [2.05, 4.69) is 10.3 Å². The predicted molar refractivity (Wildman–Crippen MR) is 78.7 cm³/mol. The van der Waals surface area contributed by atoms with Gasteiger partial charge >= 0.3 is 0 Å². The molecule has 3 aliphatic carbocycles. The molecule has 1 aromatic heterocycles. The lowest BCUT2D eigenvalue weighted by Gasteiger charge is -2.27. The number of nitrogens with zero attached hydrogens (tertiary/aromatic N) is 1. The van der Waals surface area contributed by atoms with Crippen molar-refractivity contribution in [3.05, 3.63) is 34.6 Å². The molecule has 4 rings (SSSR count). The van der Waals surface area contributed by atoms with Gasteiger partial charge in [0.25, 0.3) is 0 Å². The van der Waals surface area contributed by atoms with Gasteiger partial charge in [-0.3, -0.25) is 14.6 Å². The zero-order chi connectivity index (χ0) is 14.6. The summed E-state index contributed by atoms with van der Waals surface area (Å²) < 4.78 is 0. The maximum Gasteiger partial charge on any atom is 0.247 e. The van der Waals surface area contributed by atoms with Crippen molar-refractivity contribution in [1.82, 2.24) is 10.3 Å². The van der Waals surface area contributed by atoms with E-state index in [0.717, 1.165) is 12.3 Å². The third-order valence-electron chi connectivity index (χ3n) is 4.98. The number of Topliss-reactive ketones (excluding diaryl/α,β-unsaturated/α-hetero) is 2. The van der Waals surface area contributed by atoms with Crippen LogP contribution >= 0.6 is 11.6 Å². The van der Waals surface area contributed by atoms with Gasteiger partial charge in [0.05, 0.1) is 17.0 Å². The highest BCUT2D eigenvalue weighted by molar-refractivity contribution is 6.64. The number of halogens is 1. The summed E-state index contributed by atoms with van der Waals surface area (Å²) in [7, 11) is 0. The van der Waals surface area contributed by atoms with Gasteiger partial charge in [-0.15, -0.1) is 0 Å². The van der Waals surface area contributed by atoms with Crippen LogP contribution in [0.15, 0.2) is 23.4 Å². The van der Waals surface area contributed by atoms with Crippen LogP contribution in [0.25, 0.3) is 5.70 Å². The molecule has 5 heteroatoms. The Morgan fingerprint density at radius 3 is 2.76 bits per heavy atom. The Bertz CT molecular complexity index is 683. The third-order valence-corrected chi connectivity index (χ3v) is 5.34. The van der Waals surface area contributed by atoms with E-state index in [4.69, 9.17) is 11.6 Å². The molecule has 3 unspecified atom stereocenters. The van der Waals surface area contributed by atoms with Crippen molar-refractivity contribution >= 4 is 28.9 Å². The number of allylic oxidation sites excluding steroid dienone is 1. The smallest absolute Gasteiger partial charge is 0.247 e. The number of pyridine rings is 1. The summed E-state index contributed by atoms with van der Waals surface area (Å²) in [5.74, 6) is 0.229. The first-order valence-electron chi connectivity index (χ1n) is 7.36. The number of carbonyl (C=O) groups is 2. The molecule has 1 N–H and O–H groups in total. The van der Waals surface area contributed by atoms with Crippen LogP contribution in [0, 0.1) is 11.8 Å². The first kappa shape index (κ1) is 13.0. The van der Waals surface area contributed by atoms with Crippen LogP contribution < -0.4 is 5.32 Å². The number of fused-ring (bicyclic) bond motifs is 3. The van der Waals surface area contributed by atoms with E-state index in [0.29, 0.717) is 28.9 Å². The molecule has 1 heterocycles. The molecule has 4 nitrogen and oxygen atoms in total. The fourth-order valence-electron chi connectivity index (χ4n) is 3.97. The fourth-order valence-corrected chi connectivity index (χ4v) is 4.20. The molecule has 2 bridgehead atoms. The highest BCUT2D eigenvalue weighted by Crippen LogP contribution is 2.45. The Balaban J connectivity index is 1.72. The molecule has 2 saturated carbocycles. The van der Waals surface area contributed by atoms with Crippen molar-refractivity contribution in [1.29, 1.82) is 0 Å². The molecule has 0 aliphatic heterocycles. The molecule has 0 spiro atoms. The van der Waals surface area contributed by atoms with Gasteiger partial charge in [-0.25, -0.2) is 0 Å².